The number of alkyl halides is 1. The number of aliphatic hydroxyl groups excluding tert-OH is 1. The van der Waals surface area contributed by atoms with Gasteiger partial charge in [-0.25, -0.2) is 0 Å². The maximum Gasteiger partial charge on any atom is 0.0657 e. The molecule has 0 saturated heterocycles. The summed E-state index contributed by atoms with van der Waals surface area (Å²) in [4.78, 5) is 0. The van der Waals surface area contributed by atoms with Crippen LogP contribution in [-0.4, -0.2) is 14.6 Å². The van der Waals surface area contributed by atoms with Crippen LogP contribution >= 0.6 is 22.6 Å². The Hall–Kier alpha value is 0.690. The average Bonchev–Trinajstić information content (AvgIpc) is 1.89. The number of hydrogen-bond donors (Lipinski definition) is 1. The highest BCUT2D eigenvalue weighted by Crippen LogP contribution is 2.38. The molecule has 1 aliphatic rings. The zero-order valence-electron chi connectivity index (χ0n) is 6.44. The summed E-state index contributed by atoms with van der Waals surface area (Å²) in [5, 5.41) is 9.43. The molecule has 0 aromatic rings. The van der Waals surface area contributed by atoms with Crippen LogP contribution < -0.4 is 0 Å². The van der Waals surface area contributed by atoms with Gasteiger partial charge in [0.1, 0.15) is 0 Å². The summed E-state index contributed by atoms with van der Waals surface area (Å²) in [6.07, 6.45) is 6.23. The molecule has 0 spiro atoms. The predicted octanol–water partition coefficient (Wildman–Crippen LogP) is 2.51. The topological polar surface area (TPSA) is 20.2 Å². The molecule has 10 heavy (non-hydrogen) atoms. The van der Waals surface area contributed by atoms with Crippen LogP contribution in [0.15, 0.2) is 0 Å². The molecule has 0 aromatic heterocycles. The van der Waals surface area contributed by atoms with E-state index in [0.717, 1.165) is 0 Å². The Kier molecular flexibility index (Phi) is 2.98. The number of aliphatic hydroxyl groups is 1. The van der Waals surface area contributed by atoms with Gasteiger partial charge in [-0.2, -0.15) is 0 Å². The molecule has 1 atom stereocenters. The number of rotatable bonds is 1. The van der Waals surface area contributed by atoms with Crippen LogP contribution in [0.4, 0.5) is 0 Å². The van der Waals surface area contributed by atoms with Crippen molar-refractivity contribution in [3.8, 4) is 0 Å². The van der Waals surface area contributed by atoms with Crippen molar-refractivity contribution in [3.05, 3.63) is 0 Å². The van der Waals surface area contributed by atoms with Crippen molar-refractivity contribution in [3.63, 3.8) is 0 Å². The molecule has 0 heterocycles. The summed E-state index contributed by atoms with van der Waals surface area (Å²) >= 11 is 2.43. The third-order valence-corrected chi connectivity index (χ3v) is 4.41. The lowest BCUT2D eigenvalue weighted by Crippen LogP contribution is -2.35. The molecule has 0 aromatic carbocycles. The fourth-order valence-corrected chi connectivity index (χ4v) is 2.32. The summed E-state index contributed by atoms with van der Waals surface area (Å²) in [6, 6.07) is 0. The SMILES string of the molecule is CC(O)C1(I)CCCCC1. The highest BCUT2D eigenvalue weighted by Gasteiger charge is 2.33. The van der Waals surface area contributed by atoms with E-state index in [-0.39, 0.29) is 9.53 Å². The standard InChI is InChI=1S/C8H15IO/c1-7(10)8(9)5-3-2-4-6-8/h7,10H,2-6H2,1H3. The minimum atomic E-state index is -0.131. The van der Waals surface area contributed by atoms with Gasteiger partial charge in [0.2, 0.25) is 0 Å². The molecule has 0 amide bonds. The molecule has 0 radical (unpaired) electrons. The van der Waals surface area contributed by atoms with E-state index in [9.17, 15) is 5.11 Å². The van der Waals surface area contributed by atoms with Gasteiger partial charge in [-0.1, -0.05) is 41.9 Å². The zero-order valence-corrected chi connectivity index (χ0v) is 8.60. The van der Waals surface area contributed by atoms with Gasteiger partial charge in [0.25, 0.3) is 0 Å². The first-order valence-corrected chi connectivity index (χ1v) is 5.10. The van der Waals surface area contributed by atoms with E-state index in [2.05, 4.69) is 22.6 Å². The van der Waals surface area contributed by atoms with Crippen molar-refractivity contribution in [2.75, 3.05) is 0 Å². The van der Waals surface area contributed by atoms with E-state index >= 15 is 0 Å². The van der Waals surface area contributed by atoms with Crippen LogP contribution in [0.3, 0.4) is 0 Å². The number of halogens is 1. The van der Waals surface area contributed by atoms with Gasteiger partial charge in [-0.05, 0) is 19.8 Å². The van der Waals surface area contributed by atoms with Gasteiger partial charge in [0.15, 0.2) is 0 Å². The van der Waals surface area contributed by atoms with E-state index in [1.54, 1.807) is 0 Å². The van der Waals surface area contributed by atoms with E-state index in [0.29, 0.717) is 0 Å². The molecule has 1 N–H and O–H groups in total. The minimum absolute atomic E-state index is 0.131. The summed E-state index contributed by atoms with van der Waals surface area (Å²) < 4.78 is 0.204. The fourth-order valence-electron chi connectivity index (χ4n) is 1.56. The van der Waals surface area contributed by atoms with Crippen molar-refractivity contribution >= 4 is 22.6 Å². The Bertz CT molecular complexity index is 106. The molecule has 1 unspecified atom stereocenters. The molecule has 1 saturated carbocycles. The Morgan fingerprint density at radius 1 is 1.30 bits per heavy atom. The Labute approximate surface area is 76.3 Å². The summed E-state index contributed by atoms with van der Waals surface area (Å²) in [5.74, 6) is 0. The molecule has 0 aliphatic heterocycles. The first-order chi connectivity index (χ1) is 4.65. The average molecular weight is 254 g/mol. The lowest BCUT2D eigenvalue weighted by Gasteiger charge is -2.34. The molecule has 0 bridgehead atoms. The van der Waals surface area contributed by atoms with Crippen molar-refractivity contribution in [2.45, 2.75) is 48.6 Å². The molecular formula is C8H15IO. The first kappa shape index (κ1) is 8.78. The van der Waals surface area contributed by atoms with Crippen molar-refractivity contribution < 1.29 is 5.11 Å². The van der Waals surface area contributed by atoms with E-state index < -0.39 is 0 Å². The lowest BCUT2D eigenvalue weighted by molar-refractivity contribution is 0.132. The highest BCUT2D eigenvalue weighted by atomic mass is 127. The second-order valence-electron chi connectivity index (χ2n) is 3.27. The van der Waals surface area contributed by atoms with Crippen molar-refractivity contribution in [1.82, 2.24) is 0 Å². The van der Waals surface area contributed by atoms with Crippen LogP contribution in [0, 0.1) is 0 Å². The molecule has 2 heteroatoms. The summed E-state index contributed by atoms with van der Waals surface area (Å²) in [7, 11) is 0. The largest absolute Gasteiger partial charge is 0.392 e. The van der Waals surface area contributed by atoms with Crippen LogP contribution in [0.1, 0.15) is 39.0 Å². The molecule has 1 fully saturated rings. The van der Waals surface area contributed by atoms with E-state index in [1.807, 2.05) is 6.92 Å². The lowest BCUT2D eigenvalue weighted by atomic mass is 9.86. The Morgan fingerprint density at radius 2 is 1.80 bits per heavy atom. The highest BCUT2D eigenvalue weighted by molar-refractivity contribution is 14.1. The second kappa shape index (κ2) is 3.39. The normalized spacial score (nSPS) is 27.9. The number of hydrogen-bond acceptors (Lipinski definition) is 1. The molecule has 1 aliphatic carbocycles. The maximum absolute atomic E-state index is 9.43. The van der Waals surface area contributed by atoms with Crippen molar-refractivity contribution in [2.24, 2.45) is 0 Å². The Morgan fingerprint density at radius 3 is 2.10 bits per heavy atom. The van der Waals surface area contributed by atoms with Crippen molar-refractivity contribution in [1.29, 1.82) is 0 Å². The molecule has 1 nitrogen and oxygen atoms in total. The zero-order chi connectivity index (χ0) is 7.61. The van der Waals surface area contributed by atoms with Gasteiger partial charge < -0.3 is 5.11 Å². The Balaban J connectivity index is 2.48. The van der Waals surface area contributed by atoms with Gasteiger partial charge in [-0.15, -0.1) is 0 Å². The van der Waals surface area contributed by atoms with Gasteiger partial charge in [0, 0.05) is 3.42 Å². The minimum Gasteiger partial charge on any atom is -0.392 e. The van der Waals surface area contributed by atoms with Gasteiger partial charge in [0.05, 0.1) is 6.10 Å². The van der Waals surface area contributed by atoms with Crippen LogP contribution in [0.5, 0.6) is 0 Å². The monoisotopic (exact) mass is 254 g/mol. The van der Waals surface area contributed by atoms with Gasteiger partial charge in [-0.3, -0.25) is 0 Å². The first-order valence-electron chi connectivity index (χ1n) is 4.02. The summed E-state index contributed by atoms with van der Waals surface area (Å²) in [5.41, 5.74) is 0. The fraction of sp³-hybridized carbons (Fsp3) is 1.00. The molecule has 1 rings (SSSR count). The quantitative estimate of drug-likeness (QED) is 0.563. The van der Waals surface area contributed by atoms with Crippen LogP contribution in [0.25, 0.3) is 0 Å². The molecule has 60 valence electrons. The smallest absolute Gasteiger partial charge is 0.0657 e. The third-order valence-electron chi connectivity index (χ3n) is 2.43. The van der Waals surface area contributed by atoms with Crippen LogP contribution in [-0.2, 0) is 0 Å². The maximum atomic E-state index is 9.43. The molecular weight excluding hydrogens is 239 g/mol. The van der Waals surface area contributed by atoms with E-state index in [1.165, 1.54) is 32.1 Å². The van der Waals surface area contributed by atoms with Crippen LogP contribution in [0.2, 0.25) is 0 Å². The third kappa shape index (κ3) is 1.84. The second-order valence-corrected chi connectivity index (χ2v) is 5.42. The summed E-state index contributed by atoms with van der Waals surface area (Å²) in [6.45, 7) is 1.91. The van der Waals surface area contributed by atoms with Gasteiger partial charge >= 0.3 is 0 Å². The predicted molar refractivity (Wildman–Crippen MR) is 51.5 cm³/mol. The van der Waals surface area contributed by atoms with E-state index in [4.69, 9.17) is 0 Å².